The van der Waals surface area contributed by atoms with Crippen LogP contribution in [0.2, 0.25) is 0 Å². The molecule has 2 aliphatic carbocycles. The van der Waals surface area contributed by atoms with Crippen molar-refractivity contribution in [3.8, 4) is 11.5 Å². The monoisotopic (exact) mass is 530 g/mol. The summed E-state index contributed by atoms with van der Waals surface area (Å²) in [6, 6.07) is 2.05. The van der Waals surface area contributed by atoms with Crippen molar-refractivity contribution < 1.29 is 33.0 Å². The largest absolute Gasteiger partial charge is 0.496 e. The van der Waals surface area contributed by atoms with Crippen LogP contribution in [0.3, 0.4) is 0 Å². The van der Waals surface area contributed by atoms with Crippen LogP contribution in [0.5, 0.6) is 11.5 Å². The lowest BCUT2D eigenvalue weighted by Crippen LogP contribution is -2.53. The molecule has 4 fully saturated rings. The first-order valence-corrected chi connectivity index (χ1v) is 13.9. The van der Waals surface area contributed by atoms with Crippen LogP contribution in [-0.4, -0.2) is 56.1 Å². The van der Waals surface area contributed by atoms with E-state index in [9.17, 15) is 18.8 Å². The molecule has 0 radical (unpaired) electrons. The Morgan fingerprint density at radius 2 is 1.79 bits per heavy atom. The van der Waals surface area contributed by atoms with Gasteiger partial charge in [0.25, 0.3) is 5.91 Å². The van der Waals surface area contributed by atoms with Crippen LogP contribution in [0.1, 0.15) is 82.0 Å². The first-order chi connectivity index (χ1) is 18.1. The number of benzene rings is 1. The van der Waals surface area contributed by atoms with Gasteiger partial charge in [-0.25, -0.2) is 4.39 Å². The maximum atomic E-state index is 14.9. The minimum atomic E-state index is -0.618. The molecule has 4 atom stereocenters. The maximum Gasteiger partial charge on any atom is 0.255 e. The van der Waals surface area contributed by atoms with Crippen molar-refractivity contribution in [2.75, 3.05) is 13.7 Å². The van der Waals surface area contributed by atoms with E-state index in [0.29, 0.717) is 32.2 Å². The third-order valence-corrected chi connectivity index (χ3v) is 9.28. The number of aldehydes is 1. The van der Waals surface area contributed by atoms with Crippen molar-refractivity contribution in [1.29, 1.82) is 0 Å². The molecular formula is C29H39FN2O6. The first-order valence-electron chi connectivity index (χ1n) is 13.9. The van der Waals surface area contributed by atoms with Gasteiger partial charge in [0.15, 0.2) is 11.6 Å². The molecule has 0 spiro atoms. The Hall–Kier alpha value is -2.68. The minimum Gasteiger partial charge on any atom is -0.496 e. The molecule has 9 heteroatoms. The number of methoxy groups -OCH3 is 1. The number of carbonyl (C=O) groups excluding carboxylic acids is 3. The fraction of sp³-hybridized carbons (Fsp3) is 0.690. The Balaban J connectivity index is 1.29. The fourth-order valence-corrected chi connectivity index (χ4v) is 6.44. The SMILES string of the molecule is COc1cc(F)c(OC2CCC(C)(C=O)CC2)cc1C(=O)N[C@H]1[C@@H](C(=O)NCC2(C)CCC2)[C@H]2CC[C@@H]1O2. The van der Waals surface area contributed by atoms with Crippen LogP contribution in [0.4, 0.5) is 4.39 Å². The van der Waals surface area contributed by atoms with Gasteiger partial charge in [-0.1, -0.05) is 20.3 Å². The minimum absolute atomic E-state index is 0.0251. The predicted molar refractivity (Wildman–Crippen MR) is 138 cm³/mol. The van der Waals surface area contributed by atoms with Crippen molar-refractivity contribution in [3.63, 3.8) is 0 Å². The van der Waals surface area contributed by atoms with E-state index >= 15 is 0 Å². The zero-order chi connectivity index (χ0) is 27.1. The van der Waals surface area contributed by atoms with E-state index in [1.807, 2.05) is 6.92 Å². The van der Waals surface area contributed by atoms with Gasteiger partial charge in [-0.15, -0.1) is 0 Å². The summed E-state index contributed by atoms with van der Waals surface area (Å²) in [6.07, 6.45) is 7.81. The van der Waals surface area contributed by atoms with Crippen LogP contribution in [-0.2, 0) is 14.3 Å². The molecule has 5 rings (SSSR count). The van der Waals surface area contributed by atoms with E-state index in [1.54, 1.807) is 0 Å². The summed E-state index contributed by atoms with van der Waals surface area (Å²) in [6.45, 7) is 4.73. The summed E-state index contributed by atoms with van der Waals surface area (Å²) in [7, 11) is 1.38. The summed E-state index contributed by atoms with van der Waals surface area (Å²) < 4.78 is 32.2. The lowest BCUT2D eigenvalue weighted by atomic mass is 9.70. The summed E-state index contributed by atoms with van der Waals surface area (Å²) in [5.74, 6) is -1.58. The van der Waals surface area contributed by atoms with Crippen LogP contribution in [0, 0.1) is 22.6 Å². The number of hydrogen-bond donors (Lipinski definition) is 2. The Kier molecular flexibility index (Phi) is 7.42. The summed E-state index contributed by atoms with van der Waals surface area (Å²) in [5, 5.41) is 6.11. The highest BCUT2D eigenvalue weighted by Gasteiger charge is 2.53. The molecular weight excluding hydrogens is 491 g/mol. The predicted octanol–water partition coefficient (Wildman–Crippen LogP) is 3.94. The summed E-state index contributed by atoms with van der Waals surface area (Å²) in [5.41, 5.74) is -0.0826. The number of fused-ring (bicyclic) bond motifs is 2. The molecule has 2 aliphatic heterocycles. The third kappa shape index (κ3) is 5.26. The van der Waals surface area contributed by atoms with E-state index in [-0.39, 0.29) is 52.1 Å². The molecule has 4 aliphatic rings. The molecule has 0 unspecified atom stereocenters. The fourth-order valence-electron chi connectivity index (χ4n) is 6.44. The number of carbonyl (C=O) groups is 3. The number of ether oxygens (including phenoxy) is 3. The molecule has 1 aromatic carbocycles. The summed E-state index contributed by atoms with van der Waals surface area (Å²) >= 11 is 0. The molecule has 1 aromatic rings. The zero-order valence-electron chi connectivity index (χ0n) is 22.5. The molecule has 2 bridgehead atoms. The number of nitrogens with one attached hydrogen (secondary N) is 2. The molecule has 2 saturated heterocycles. The molecule has 0 aromatic heterocycles. The average molecular weight is 531 g/mol. The van der Waals surface area contributed by atoms with E-state index in [4.69, 9.17) is 14.2 Å². The first kappa shape index (κ1) is 26.9. The quantitative estimate of drug-likeness (QED) is 0.469. The topological polar surface area (TPSA) is 103 Å². The van der Waals surface area contributed by atoms with Gasteiger partial charge in [0, 0.05) is 18.0 Å². The third-order valence-electron chi connectivity index (χ3n) is 9.28. The molecule has 38 heavy (non-hydrogen) atoms. The van der Waals surface area contributed by atoms with E-state index in [2.05, 4.69) is 17.6 Å². The maximum absolute atomic E-state index is 14.9. The van der Waals surface area contributed by atoms with Gasteiger partial charge in [-0.3, -0.25) is 9.59 Å². The Labute approximate surface area is 223 Å². The molecule has 2 heterocycles. The lowest BCUT2D eigenvalue weighted by Gasteiger charge is -2.39. The van der Waals surface area contributed by atoms with Crippen molar-refractivity contribution >= 4 is 18.1 Å². The van der Waals surface area contributed by atoms with Crippen LogP contribution in [0.25, 0.3) is 0 Å². The highest BCUT2D eigenvalue weighted by Crippen LogP contribution is 2.42. The van der Waals surface area contributed by atoms with E-state index in [1.165, 1.54) is 19.6 Å². The Morgan fingerprint density at radius 1 is 1.08 bits per heavy atom. The van der Waals surface area contributed by atoms with E-state index in [0.717, 1.165) is 38.0 Å². The van der Waals surface area contributed by atoms with Gasteiger partial charge in [0.1, 0.15) is 12.0 Å². The van der Waals surface area contributed by atoms with Crippen LogP contribution in [0.15, 0.2) is 12.1 Å². The molecule has 208 valence electrons. The average Bonchev–Trinajstić information content (AvgIpc) is 3.50. The number of amides is 2. The highest BCUT2D eigenvalue weighted by atomic mass is 19.1. The molecule has 2 N–H and O–H groups in total. The van der Waals surface area contributed by atoms with Crippen LogP contribution < -0.4 is 20.1 Å². The Morgan fingerprint density at radius 3 is 2.42 bits per heavy atom. The molecule has 8 nitrogen and oxygen atoms in total. The number of rotatable bonds is 9. The Bertz CT molecular complexity index is 1080. The second kappa shape index (κ2) is 10.5. The van der Waals surface area contributed by atoms with Gasteiger partial charge in [-0.05, 0) is 62.8 Å². The normalized spacial score (nSPS) is 33.2. The van der Waals surface area contributed by atoms with Crippen molar-refractivity contribution in [1.82, 2.24) is 10.6 Å². The van der Waals surface area contributed by atoms with Crippen molar-refractivity contribution in [2.45, 2.75) is 96.0 Å². The molecule has 2 saturated carbocycles. The zero-order valence-corrected chi connectivity index (χ0v) is 22.5. The number of halogens is 1. The second-order valence-electron chi connectivity index (χ2n) is 12.3. The van der Waals surface area contributed by atoms with Gasteiger partial charge >= 0.3 is 0 Å². The lowest BCUT2D eigenvalue weighted by molar-refractivity contribution is -0.127. The number of hydrogen-bond acceptors (Lipinski definition) is 6. The van der Waals surface area contributed by atoms with Crippen molar-refractivity contribution in [2.24, 2.45) is 16.7 Å². The summed E-state index contributed by atoms with van der Waals surface area (Å²) in [4.78, 5) is 38.0. The smallest absolute Gasteiger partial charge is 0.255 e. The highest BCUT2D eigenvalue weighted by molar-refractivity contribution is 5.98. The standard InChI is InChI=1S/C29H39FN2O6/c1-28(9-4-10-28)15-31-27(35)24-20-5-6-21(38-20)25(24)32-26(34)18-13-23(19(30)14-22(18)36-3)37-17-7-11-29(2,16-33)12-8-17/h13-14,16-17,20-21,24-25H,4-12,15H2,1-3H3,(H,31,35)(H,32,34)/t17?,20-,21+,24+,25-,29?/m1/s1. The van der Waals surface area contributed by atoms with E-state index < -0.39 is 23.7 Å². The second-order valence-corrected chi connectivity index (χ2v) is 12.3. The van der Waals surface area contributed by atoms with Gasteiger partial charge in [0.05, 0.1) is 42.9 Å². The van der Waals surface area contributed by atoms with Gasteiger partial charge in [-0.2, -0.15) is 0 Å². The molecule has 2 amide bonds. The van der Waals surface area contributed by atoms with Gasteiger partial charge in [0.2, 0.25) is 5.91 Å². The van der Waals surface area contributed by atoms with Crippen LogP contribution >= 0.6 is 0 Å². The van der Waals surface area contributed by atoms with Gasteiger partial charge < -0.3 is 29.6 Å². The van der Waals surface area contributed by atoms with Crippen molar-refractivity contribution in [3.05, 3.63) is 23.5 Å².